The number of rotatable bonds is 4. The summed E-state index contributed by atoms with van der Waals surface area (Å²) in [5, 5.41) is 15.3. The van der Waals surface area contributed by atoms with Gasteiger partial charge in [0.2, 0.25) is 0 Å². The summed E-state index contributed by atoms with van der Waals surface area (Å²) in [5.41, 5.74) is 2.57. The molecule has 1 saturated heterocycles. The highest BCUT2D eigenvalue weighted by Crippen LogP contribution is 2.45. The summed E-state index contributed by atoms with van der Waals surface area (Å²) in [6.07, 6.45) is 0. The molecule has 2 heterocycles. The zero-order valence-electron chi connectivity index (χ0n) is 16.0. The molecule has 2 aromatic carbocycles. The maximum atomic E-state index is 12.9. The van der Waals surface area contributed by atoms with Crippen LogP contribution in [0.1, 0.15) is 37.8 Å². The first kappa shape index (κ1) is 18.0. The fraction of sp³-hybridized carbons (Fsp3) is 0.364. The van der Waals surface area contributed by atoms with Crippen LogP contribution >= 0.6 is 0 Å². The zero-order chi connectivity index (χ0) is 20.1. The first-order valence-corrected chi connectivity index (χ1v) is 9.77. The van der Waals surface area contributed by atoms with Crippen molar-refractivity contribution in [3.05, 3.63) is 58.7 Å². The van der Waals surface area contributed by atoms with E-state index in [0.717, 1.165) is 11.1 Å². The maximum Gasteiger partial charge on any atom is 0.254 e. The molecule has 2 aromatic rings. The predicted molar refractivity (Wildman–Crippen MR) is 104 cm³/mol. The summed E-state index contributed by atoms with van der Waals surface area (Å²) in [7, 11) is 1.55. The van der Waals surface area contributed by atoms with Crippen LogP contribution in [-0.2, 0) is 4.74 Å². The molecule has 150 valence electrons. The molecule has 2 amide bonds. The van der Waals surface area contributed by atoms with Crippen molar-refractivity contribution in [1.29, 1.82) is 0 Å². The van der Waals surface area contributed by atoms with Crippen molar-refractivity contribution in [2.24, 2.45) is 11.8 Å². The maximum absolute atomic E-state index is 12.9. The molecule has 7 nitrogen and oxygen atoms in total. The van der Waals surface area contributed by atoms with Crippen LogP contribution in [0, 0.1) is 11.8 Å². The Labute approximate surface area is 168 Å². The topological polar surface area (TPSA) is 96.9 Å². The van der Waals surface area contributed by atoms with Crippen molar-refractivity contribution in [3.63, 3.8) is 0 Å². The molecule has 1 unspecified atom stereocenters. The van der Waals surface area contributed by atoms with Crippen LogP contribution in [0.2, 0.25) is 0 Å². The van der Waals surface area contributed by atoms with Gasteiger partial charge in [0.05, 0.1) is 25.4 Å². The summed E-state index contributed by atoms with van der Waals surface area (Å²) >= 11 is 0. The molecule has 5 rings (SSSR count). The van der Waals surface area contributed by atoms with Gasteiger partial charge in [-0.25, -0.2) is 0 Å². The number of fused-ring (bicyclic) bond motifs is 2. The molecule has 2 aliphatic heterocycles. The van der Waals surface area contributed by atoms with Crippen LogP contribution in [0.15, 0.2) is 36.4 Å². The van der Waals surface area contributed by atoms with Gasteiger partial charge < -0.3 is 25.2 Å². The molecule has 0 bridgehead atoms. The van der Waals surface area contributed by atoms with Gasteiger partial charge in [0.15, 0.2) is 0 Å². The lowest BCUT2D eigenvalue weighted by Crippen LogP contribution is -2.30. The number of ether oxygens (including phenoxy) is 2. The molecule has 3 N–H and O–H groups in total. The summed E-state index contributed by atoms with van der Waals surface area (Å²) in [5.74, 6) is 0.907. The van der Waals surface area contributed by atoms with Crippen LogP contribution in [0.5, 0.6) is 11.5 Å². The van der Waals surface area contributed by atoms with Crippen molar-refractivity contribution >= 4 is 11.8 Å². The normalized spacial score (nSPS) is 26.2. The molecular weight excluding hydrogens is 372 g/mol. The number of phenols is 1. The Balaban J connectivity index is 1.49. The highest BCUT2D eigenvalue weighted by Gasteiger charge is 2.54. The predicted octanol–water partition coefficient (Wildman–Crippen LogP) is 1.65. The van der Waals surface area contributed by atoms with E-state index in [1.165, 1.54) is 0 Å². The number of carbonyl (C=O) groups is 2. The number of hydrogen-bond acceptors (Lipinski definition) is 5. The van der Waals surface area contributed by atoms with Gasteiger partial charge in [0, 0.05) is 42.0 Å². The molecule has 1 saturated carbocycles. The Morgan fingerprint density at radius 3 is 2.45 bits per heavy atom. The number of carbonyl (C=O) groups excluding carboxylic acids is 2. The molecule has 0 aromatic heterocycles. The van der Waals surface area contributed by atoms with E-state index >= 15 is 0 Å². The van der Waals surface area contributed by atoms with E-state index < -0.39 is 0 Å². The first-order valence-electron chi connectivity index (χ1n) is 9.77. The molecule has 0 radical (unpaired) electrons. The molecule has 7 heteroatoms. The fourth-order valence-electron chi connectivity index (χ4n) is 4.43. The third-order valence-corrected chi connectivity index (χ3v) is 6.17. The van der Waals surface area contributed by atoms with E-state index in [0.29, 0.717) is 48.5 Å². The molecule has 29 heavy (non-hydrogen) atoms. The molecule has 3 aliphatic rings. The van der Waals surface area contributed by atoms with E-state index in [1.54, 1.807) is 25.2 Å². The van der Waals surface area contributed by atoms with Gasteiger partial charge in [-0.1, -0.05) is 12.1 Å². The van der Waals surface area contributed by atoms with Gasteiger partial charge in [-0.3, -0.25) is 9.59 Å². The van der Waals surface area contributed by atoms with Crippen molar-refractivity contribution < 1.29 is 24.2 Å². The molecule has 1 aliphatic carbocycles. The van der Waals surface area contributed by atoms with Crippen LogP contribution < -0.4 is 15.4 Å². The largest absolute Gasteiger partial charge is 0.508 e. The van der Waals surface area contributed by atoms with Gasteiger partial charge in [-0.05, 0) is 29.8 Å². The van der Waals surface area contributed by atoms with E-state index in [9.17, 15) is 14.7 Å². The lowest BCUT2D eigenvalue weighted by atomic mass is 9.90. The van der Waals surface area contributed by atoms with Gasteiger partial charge >= 0.3 is 0 Å². The minimum absolute atomic E-state index is 0.115. The molecular formula is C22H22N2O5. The molecule has 2 fully saturated rings. The second kappa shape index (κ2) is 6.77. The van der Waals surface area contributed by atoms with E-state index in [4.69, 9.17) is 9.47 Å². The van der Waals surface area contributed by atoms with Gasteiger partial charge in [0.25, 0.3) is 11.8 Å². The van der Waals surface area contributed by atoms with Gasteiger partial charge in [-0.15, -0.1) is 0 Å². The summed E-state index contributed by atoms with van der Waals surface area (Å²) in [6.45, 7) is 1.76. The summed E-state index contributed by atoms with van der Waals surface area (Å²) < 4.78 is 11.2. The monoisotopic (exact) mass is 394 g/mol. The van der Waals surface area contributed by atoms with Gasteiger partial charge in [-0.2, -0.15) is 0 Å². The van der Waals surface area contributed by atoms with Crippen LogP contribution in [0.4, 0.5) is 0 Å². The fourth-order valence-corrected chi connectivity index (χ4v) is 4.43. The Hall–Kier alpha value is -3.06. The highest BCUT2D eigenvalue weighted by molar-refractivity contribution is 6.02. The summed E-state index contributed by atoms with van der Waals surface area (Å²) in [6, 6.07) is 10.5. The Bertz CT molecular complexity index is 977. The van der Waals surface area contributed by atoms with Crippen molar-refractivity contribution in [2.45, 2.75) is 12.0 Å². The Morgan fingerprint density at radius 1 is 1.03 bits per heavy atom. The number of phenolic OH excluding ortho intramolecular Hbond substituents is 1. The lowest BCUT2D eigenvalue weighted by Gasteiger charge is -2.14. The van der Waals surface area contributed by atoms with E-state index in [-0.39, 0.29) is 29.5 Å². The smallest absolute Gasteiger partial charge is 0.254 e. The highest BCUT2D eigenvalue weighted by atomic mass is 16.5. The molecule has 0 spiro atoms. The third kappa shape index (κ3) is 3.02. The summed E-state index contributed by atoms with van der Waals surface area (Å²) in [4.78, 5) is 25.4. The minimum atomic E-state index is -0.293. The third-order valence-electron chi connectivity index (χ3n) is 6.17. The number of aromatic hydroxyl groups is 1. The van der Waals surface area contributed by atoms with Crippen molar-refractivity contribution in [3.8, 4) is 11.5 Å². The standard InChI is InChI=1S/C22H22N2O5/c1-23-22(27)15-7-12(21(26)24-19-17-8-28-9-18(17)19)6-14-16(10-29-20(14)15)11-2-4-13(25)5-3-11/h2-7,16-19,25H,8-10H2,1H3,(H,23,27)(H,24,26)/t16?,17-,18+,19+. The van der Waals surface area contributed by atoms with E-state index in [1.807, 2.05) is 18.2 Å². The number of benzene rings is 2. The number of nitrogens with one attached hydrogen (secondary N) is 2. The van der Waals surface area contributed by atoms with Crippen molar-refractivity contribution in [2.75, 3.05) is 26.9 Å². The quantitative estimate of drug-likeness (QED) is 0.733. The number of hydrogen-bond donors (Lipinski definition) is 3. The second-order valence-corrected chi connectivity index (χ2v) is 7.84. The lowest BCUT2D eigenvalue weighted by molar-refractivity contribution is 0.0929. The Kier molecular flexibility index (Phi) is 4.20. The van der Waals surface area contributed by atoms with Gasteiger partial charge in [0.1, 0.15) is 11.5 Å². The van der Waals surface area contributed by atoms with Crippen molar-refractivity contribution in [1.82, 2.24) is 10.6 Å². The SMILES string of the molecule is CNC(=O)c1cc(C(=O)N[C@H]2[C@@H]3COC[C@@H]32)cc2c1OCC2c1ccc(O)cc1. The average molecular weight is 394 g/mol. The van der Waals surface area contributed by atoms with Crippen LogP contribution in [0.25, 0.3) is 0 Å². The second-order valence-electron chi connectivity index (χ2n) is 7.84. The van der Waals surface area contributed by atoms with E-state index in [2.05, 4.69) is 10.6 Å². The molecule has 4 atom stereocenters. The first-order chi connectivity index (χ1) is 14.1. The Morgan fingerprint density at radius 2 is 1.76 bits per heavy atom. The zero-order valence-corrected chi connectivity index (χ0v) is 16.0. The van der Waals surface area contributed by atoms with Crippen LogP contribution in [-0.4, -0.2) is 49.8 Å². The van der Waals surface area contributed by atoms with Crippen LogP contribution in [0.3, 0.4) is 0 Å². The average Bonchev–Trinajstić information content (AvgIpc) is 3.09. The minimum Gasteiger partial charge on any atom is -0.508 e. The number of amides is 2.